The second-order valence-corrected chi connectivity index (χ2v) is 36.9. The summed E-state index contributed by atoms with van der Waals surface area (Å²) in [7, 11) is -1.51. The van der Waals surface area contributed by atoms with E-state index in [1.165, 1.54) is 148 Å². The van der Waals surface area contributed by atoms with Crippen molar-refractivity contribution in [1.82, 2.24) is 0 Å². The van der Waals surface area contributed by atoms with Crippen LogP contribution < -0.4 is 30.7 Å². The van der Waals surface area contributed by atoms with Crippen LogP contribution in [0.15, 0.2) is 97.1 Å². The maximum Gasteiger partial charge on any atom is 0.264 e. The van der Waals surface area contributed by atoms with E-state index in [0.29, 0.717) is 0 Å². The molecule has 394 valence electrons. The summed E-state index contributed by atoms with van der Waals surface area (Å²) in [6.07, 6.45) is 7.16. The predicted octanol–water partition coefficient (Wildman–Crippen LogP) is 17.7. The maximum absolute atomic E-state index is 2.82. The Hall–Kier alpha value is -4.84. The van der Waals surface area contributed by atoms with Crippen molar-refractivity contribution in [2.24, 2.45) is 0 Å². The average molecular weight is 1040 g/mol. The molecule has 12 rings (SSSR count). The third kappa shape index (κ3) is 8.02. The van der Waals surface area contributed by atoms with E-state index >= 15 is 0 Å². The highest BCUT2D eigenvalue weighted by Gasteiger charge is 2.49. The molecule has 0 unspecified atom stereocenters. The van der Waals surface area contributed by atoms with Gasteiger partial charge in [0.15, 0.2) is 0 Å². The van der Waals surface area contributed by atoms with E-state index in [4.69, 9.17) is 0 Å². The summed E-state index contributed by atoms with van der Waals surface area (Å²) in [5.74, 6) is 0. The second kappa shape index (κ2) is 16.6. The number of benzene rings is 6. The smallest absolute Gasteiger partial charge is 0.264 e. The molecule has 5 aliphatic rings. The Labute approximate surface area is 464 Å². The van der Waals surface area contributed by atoms with Gasteiger partial charge in [0, 0.05) is 44.2 Å². The lowest BCUT2D eigenvalue weighted by Crippen LogP contribution is -2.61. The van der Waals surface area contributed by atoms with Crippen molar-refractivity contribution in [3.05, 3.63) is 147 Å². The molecule has 0 spiro atoms. The van der Waals surface area contributed by atoms with E-state index in [2.05, 4.69) is 249 Å². The zero-order chi connectivity index (χ0) is 54.4. The Morgan fingerprint density at radius 3 is 1.57 bits per heavy atom. The van der Waals surface area contributed by atoms with Gasteiger partial charge in [0.2, 0.25) is 0 Å². The van der Waals surface area contributed by atoms with E-state index < -0.39 is 8.07 Å². The lowest BCUT2D eigenvalue weighted by atomic mass is 9.35. The van der Waals surface area contributed by atoms with Gasteiger partial charge in [0.05, 0.1) is 13.8 Å². The van der Waals surface area contributed by atoms with Gasteiger partial charge in [0.1, 0.15) is 0 Å². The molecule has 2 nitrogen and oxygen atoms in total. The Bertz CT molecular complexity index is 3550. The minimum atomic E-state index is -1.51. The van der Waals surface area contributed by atoms with E-state index in [1.807, 2.05) is 0 Å². The monoisotopic (exact) mass is 1040 g/mol. The fourth-order valence-corrected chi connectivity index (χ4v) is 17.2. The highest BCUT2D eigenvalue weighted by molar-refractivity contribution is 7.33. The van der Waals surface area contributed by atoms with Crippen molar-refractivity contribution in [2.75, 3.05) is 9.80 Å². The van der Waals surface area contributed by atoms with Crippen LogP contribution >= 0.6 is 11.3 Å². The van der Waals surface area contributed by atoms with Crippen LogP contribution in [0.4, 0.5) is 28.4 Å². The van der Waals surface area contributed by atoms with Crippen LogP contribution in [0, 0.1) is 6.92 Å². The fourth-order valence-electron chi connectivity index (χ4n) is 14.7. The standard InChI is InChI=1S/C71H87BN2SSi/c1-43-34-59-62-60(35-43)74(47-24-22-46(23-25-47)65(2,3)4)63-50-38-53-56(71(15,16)33-30-68(53,9)10)41-61(50)75-64(63)72(62)57-39-54-55(70(13,14)32-31-69(54,11)12)40-58(57)73(59)42-45-36-51-52(67(7,8)29-28-66(51,5)6)37-49(45)44-20-26-48(27-21-44)76(17,18)19/h20-27,34-41H,28-33,42H2,1-19H3. The van der Waals surface area contributed by atoms with Crippen LogP contribution in [0.3, 0.4) is 0 Å². The molecule has 0 saturated heterocycles. The normalized spacial score (nSPS) is 20.1. The minimum absolute atomic E-state index is 0.0499. The van der Waals surface area contributed by atoms with Crippen molar-refractivity contribution in [3.8, 4) is 11.1 Å². The van der Waals surface area contributed by atoms with Crippen LogP contribution in [-0.2, 0) is 44.4 Å². The van der Waals surface area contributed by atoms with Crippen LogP contribution in [0.2, 0.25) is 19.6 Å². The molecule has 6 aromatic carbocycles. The predicted molar refractivity (Wildman–Crippen MR) is 338 cm³/mol. The van der Waals surface area contributed by atoms with Gasteiger partial charge >= 0.3 is 0 Å². The Morgan fingerprint density at radius 2 is 1.03 bits per heavy atom. The highest BCUT2D eigenvalue weighted by atomic mass is 32.1. The van der Waals surface area contributed by atoms with E-state index in [0.717, 1.165) is 6.54 Å². The summed E-state index contributed by atoms with van der Waals surface area (Å²) in [6.45, 7) is 47.7. The first-order chi connectivity index (χ1) is 35.3. The average Bonchev–Trinajstić information content (AvgIpc) is 3.74. The molecule has 5 heteroatoms. The largest absolute Gasteiger partial charge is 0.338 e. The first-order valence-corrected chi connectivity index (χ1v) is 33.5. The molecule has 3 aliphatic carbocycles. The lowest BCUT2D eigenvalue weighted by molar-refractivity contribution is 0.331. The number of hydrogen-bond acceptors (Lipinski definition) is 3. The van der Waals surface area contributed by atoms with E-state index in [9.17, 15) is 0 Å². The first-order valence-electron chi connectivity index (χ1n) is 29.2. The van der Waals surface area contributed by atoms with Crippen LogP contribution in [0.25, 0.3) is 21.2 Å². The molecule has 0 fully saturated rings. The maximum atomic E-state index is 2.82. The summed E-state index contributed by atoms with van der Waals surface area (Å²) in [4.78, 5) is 5.54. The van der Waals surface area contributed by atoms with Crippen molar-refractivity contribution in [2.45, 2.75) is 213 Å². The second-order valence-electron chi connectivity index (χ2n) is 30.7. The van der Waals surface area contributed by atoms with E-state index in [1.54, 1.807) is 11.1 Å². The number of nitrogens with zero attached hydrogens (tertiary/aromatic N) is 2. The number of anilines is 5. The van der Waals surface area contributed by atoms with Gasteiger partial charge in [0.25, 0.3) is 6.71 Å². The molecule has 0 bridgehead atoms. The highest BCUT2D eigenvalue weighted by Crippen LogP contribution is 2.55. The van der Waals surface area contributed by atoms with Crippen LogP contribution in [0.1, 0.15) is 192 Å². The molecule has 0 amide bonds. The van der Waals surface area contributed by atoms with Gasteiger partial charge in [-0.3, -0.25) is 0 Å². The topological polar surface area (TPSA) is 6.48 Å². The van der Waals surface area contributed by atoms with Gasteiger partial charge in [-0.05, 0) is 204 Å². The Balaban J connectivity index is 1.17. The number of aryl methyl sites for hydroxylation is 1. The molecular formula is C71H87BN2SSi. The van der Waals surface area contributed by atoms with Gasteiger partial charge in [-0.15, -0.1) is 11.3 Å². The third-order valence-corrected chi connectivity index (χ3v) is 23.6. The van der Waals surface area contributed by atoms with Crippen molar-refractivity contribution in [3.63, 3.8) is 0 Å². The summed E-state index contributed by atoms with van der Waals surface area (Å²) in [5, 5.41) is 2.92. The number of fused-ring (bicyclic) bond motifs is 9. The number of hydrogen-bond donors (Lipinski definition) is 0. The summed E-state index contributed by atoms with van der Waals surface area (Å²) in [6, 6.07) is 40.8. The van der Waals surface area contributed by atoms with Crippen molar-refractivity contribution in [1.29, 1.82) is 0 Å². The molecule has 0 N–H and O–H groups in total. The zero-order valence-electron chi connectivity index (χ0n) is 50.1. The minimum Gasteiger partial charge on any atom is -0.338 e. The Morgan fingerprint density at radius 1 is 0.539 bits per heavy atom. The number of rotatable bonds is 5. The van der Waals surface area contributed by atoms with Gasteiger partial charge in [-0.1, -0.05) is 177 Å². The first kappa shape index (κ1) is 51.9. The van der Waals surface area contributed by atoms with Gasteiger partial charge < -0.3 is 9.80 Å². The van der Waals surface area contributed by atoms with Gasteiger partial charge in [-0.25, -0.2) is 0 Å². The van der Waals surface area contributed by atoms with E-state index in [-0.39, 0.29) is 44.6 Å². The summed E-state index contributed by atoms with van der Waals surface area (Å²) in [5.41, 5.74) is 26.2. The molecule has 76 heavy (non-hydrogen) atoms. The quantitative estimate of drug-likeness (QED) is 0.159. The molecular weight excluding hydrogens is 952 g/mol. The SMILES string of the molecule is Cc1cc2c3c(c1)N(c1ccc(C(C)(C)C)cc1)c1c(sc4cc5c(cc14)C(C)(C)CCC5(C)C)B3c1cc3c(cc1N2Cc1cc2c(cc1-c1ccc([Si](C)(C)C)cc1)C(C)(C)CCC2(C)C)C(C)(C)CCC3(C)C. The summed E-state index contributed by atoms with van der Waals surface area (Å²) >= 11 is 2.09. The molecule has 0 radical (unpaired) electrons. The molecule has 2 aliphatic heterocycles. The third-order valence-electron chi connectivity index (χ3n) is 20.3. The molecule has 0 atom stereocenters. The number of thiophene rings is 1. The molecule has 0 saturated carbocycles. The van der Waals surface area contributed by atoms with Gasteiger partial charge in [-0.2, -0.15) is 0 Å². The molecule has 1 aromatic heterocycles. The van der Waals surface area contributed by atoms with Crippen LogP contribution in [0.5, 0.6) is 0 Å². The fraction of sp³-hybridized carbons (Fsp3) is 0.465. The lowest BCUT2D eigenvalue weighted by Gasteiger charge is -2.47. The van der Waals surface area contributed by atoms with Crippen LogP contribution in [-0.4, -0.2) is 14.8 Å². The Kier molecular flexibility index (Phi) is 11.3. The molecule has 7 aromatic rings. The summed E-state index contributed by atoms with van der Waals surface area (Å²) < 4.78 is 2.91. The zero-order valence-corrected chi connectivity index (χ0v) is 51.9. The molecule has 3 heterocycles. The van der Waals surface area contributed by atoms with Crippen molar-refractivity contribution >= 4 is 85.5 Å². The van der Waals surface area contributed by atoms with Crippen molar-refractivity contribution < 1.29 is 0 Å².